The van der Waals surface area contributed by atoms with Gasteiger partial charge >= 0.3 is 0 Å². The van der Waals surface area contributed by atoms with Crippen LogP contribution in [0.3, 0.4) is 0 Å². The molecular weight excluding hydrogens is 384 g/mol. The summed E-state index contributed by atoms with van der Waals surface area (Å²) in [6, 6.07) is -0.638. The lowest BCUT2D eigenvalue weighted by molar-refractivity contribution is -0.127. The molecular formula is C18H36N4O7. The van der Waals surface area contributed by atoms with Gasteiger partial charge < -0.3 is 41.0 Å². The first-order valence-electron chi connectivity index (χ1n) is 9.86. The standard InChI is InChI=1S/C18H36N4O7/c1-2-26-9-11-28-14-17(24)22-7-8-27-10-12-29-13-16(23)21-6-4-3-5-15(19)18(20)25/h15H,2-14,19H2,1H3,(H2,20,25)(H,21,23)(H,22,24)/t15-/m0/s1. The van der Waals surface area contributed by atoms with E-state index in [1.165, 1.54) is 0 Å². The Kier molecular flexibility index (Phi) is 18.3. The number of amides is 3. The molecule has 0 heterocycles. The van der Waals surface area contributed by atoms with Crippen molar-refractivity contribution in [2.45, 2.75) is 32.2 Å². The van der Waals surface area contributed by atoms with Gasteiger partial charge in [-0.05, 0) is 26.2 Å². The minimum absolute atomic E-state index is 0.0107. The SMILES string of the molecule is CCOCCOCC(=O)NCCOCCOCC(=O)NCCCC[C@H](N)C(N)=O. The minimum atomic E-state index is -0.638. The van der Waals surface area contributed by atoms with Crippen molar-refractivity contribution in [1.29, 1.82) is 0 Å². The van der Waals surface area contributed by atoms with Crippen molar-refractivity contribution in [1.82, 2.24) is 10.6 Å². The van der Waals surface area contributed by atoms with Crippen LogP contribution in [0.15, 0.2) is 0 Å². The van der Waals surface area contributed by atoms with E-state index in [0.717, 1.165) is 0 Å². The van der Waals surface area contributed by atoms with E-state index >= 15 is 0 Å². The monoisotopic (exact) mass is 420 g/mol. The highest BCUT2D eigenvalue weighted by molar-refractivity contribution is 5.79. The molecule has 11 nitrogen and oxygen atoms in total. The molecule has 6 N–H and O–H groups in total. The fourth-order valence-corrected chi connectivity index (χ4v) is 2.04. The fourth-order valence-electron chi connectivity index (χ4n) is 2.04. The van der Waals surface area contributed by atoms with Gasteiger partial charge in [0.25, 0.3) is 0 Å². The van der Waals surface area contributed by atoms with Crippen molar-refractivity contribution in [3.05, 3.63) is 0 Å². The summed E-state index contributed by atoms with van der Waals surface area (Å²) in [5, 5.41) is 5.37. The van der Waals surface area contributed by atoms with E-state index in [2.05, 4.69) is 10.6 Å². The molecule has 3 amide bonds. The summed E-state index contributed by atoms with van der Waals surface area (Å²) in [5.41, 5.74) is 10.6. The van der Waals surface area contributed by atoms with Gasteiger partial charge in [-0.25, -0.2) is 0 Å². The molecule has 0 saturated carbocycles. The van der Waals surface area contributed by atoms with Crippen molar-refractivity contribution < 1.29 is 33.3 Å². The van der Waals surface area contributed by atoms with E-state index in [4.69, 9.17) is 30.4 Å². The average Bonchev–Trinajstić information content (AvgIpc) is 2.69. The van der Waals surface area contributed by atoms with Gasteiger partial charge in [-0.15, -0.1) is 0 Å². The number of rotatable bonds is 20. The van der Waals surface area contributed by atoms with Gasteiger partial charge in [0.1, 0.15) is 13.2 Å². The third kappa shape index (κ3) is 19.3. The number of nitrogens with two attached hydrogens (primary N) is 2. The molecule has 11 heteroatoms. The summed E-state index contributed by atoms with van der Waals surface area (Å²) in [6.07, 6.45) is 1.91. The molecule has 0 unspecified atom stereocenters. The van der Waals surface area contributed by atoms with Crippen LogP contribution in [0.5, 0.6) is 0 Å². The topological polar surface area (TPSA) is 164 Å². The Balaban J connectivity index is 3.34. The lowest BCUT2D eigenvalue weighted by atomic mass is 10.1. The zero-order valence-corrected chi connectivity index (χ0v) is 17.3. The molecule has 0 aliphatic rings. The molecule has 0 aliphatic carbocycles. The molecule has 0 radical (unpaired) electrons. The predicted octanol–water partition coefficient (Wildman–Crippen LogP) is -1.71. The van der Waals surface area contributed by atoms with Crippen molar-refractivity contribution in [3.63, 3.8) is 0 Å². The van der Waals surface area contributed by atoms with Crippen LogP contribution < -0.4 is 22.1 Å². The van der Waals surface area contributed by atoms with Crippen molar-refractivity contribution in [3.8, 4) is 0 Å². The Morgan fingerprint density at radius 1 is 0.793 bits per heavy atom. The van der Waals surface area contributed by atoms with E-state index in [9.17, 15) is 14.4 Å². The fraction of sp³-hybridized carbons (Fsp3) is 0.833. The molecule has 170 valence electrons. The molecule has 0 spiro atoms. The summed E-state index contributed by atoms with van der Waals surface area (Å²) >= 11 is 0. The van der Waals surface area contributed by atoms with Gasteiger partial charge in [0, 0.05) is 19.7 Å². The quantitative estimate of drug-likeness (QED) is 0.169. The second kappa shape index (κ2) is 19.5. The Morgan fingerprint density at radius 3 is 1.93 bits per heavy atom. The van der Waals surface area contributed by atoms with Crippen molar-refractivity contribution in [2.24, 2.45) is 11.5 Å². The van der Waals surface area contributed by atoms with E-state index in [0.29, 0.717) is 65.4 Å². The van der Waals surface area contributed by atoms with Crippen LogP contribution in [0.25, 0.3) is 0 Å². The summed E-state index contributed by atoms with van der Waals surface area (Å²) in [4.78, 5) is 33.8. The first-order chi connectivity index (χ1) is 14.0. The number of nitrogens with one attached hydrogen (secondary N) is 2. The molecule has 0 fully saturated rings. The van der Waals surface area contributed by atoms with E-state index < -0.39 is 11.9 Å². The maximum Gasteiger partial charge on any atom is 0.246 e. The van der Waals surface area contributed by atoms with E-state index in [1.54, 1.807) is 0 Å². The van der Waals surface area contributed by atoms with Gasteiger partial charge in [-0.1, -0.05) is 0 Å². The lowest BCUT2D eigenvalue weighted by Gasteiger charge is -2.09. The highest BCUT2D eigenvalue weighted by Crippen LogP contribution is 1.97. The second-order valence-electron chi connectivity index (χ2n) is 6.12. The molecule has 0 bridgehead atoms. The third-order valence-electron chi connectivity index (χ3n) is 3.61. The van der Waals surface area contributed by atoms with Crippen LogP contribution in [-0.2, 0) is 33.3 Å². The summed E-state index contributed by atoms with van der Waals surface area (Å²) < 4.78 is 20.7. The predicted molar refractivity (Wildman–Crippen MR) is 106 cm³/mol. The Bertz CT molecular complexity index is 452. The average molecular weight is 421 g/mol. The van der Waals surface area contributed by atoms with Crippen LogP contribution >= 0.6 is 0 Å². The summed E-state index contributed by atoms with van der Waals surface area (Å²) in [7, 11) is 0. The van der Waals surface area contributed by atoms with Gasteiger partial charge in [0.2, 0.25) is 17.7 Å². The minimum Gasteiger partial charge on any atom is -0.379 e. The maximum absolute atomic E-state index is 11.6. The van der Waals surface area contributed by atoms with Gasteiger partial charge in [0.05, 0.1) is 39.1 Å². The summed E-state index contributed by atoms with van der Waals surface area (Å²) in [6.45, 7) is 5.08. The van der Waals surface area contributed by atoms with Crippen LogP contribution in [-0.4, -0.2) is 89.7 Å². The number of carbonyl (C=O) groups excluding carboxylic acids is 3. The highest BCUT2D eigenvalue weighted by Gasteiger charge is 2.08. The van der Waals surface area contributed by atoms with E-state index in [-0.39, 0.29) is 31.6 Å². The molecule has 1 atom stereocenters. The smallest absolute Gasteiger partial charge is 0.246 e. The molecule has 0 saturated heterocycles. The number of hydrogen-bond donors (Lipinski definition) is 4. The normalized spacial score (nSPS) is 11.8. The third-order valence-corrected chi connectivity index (χ3v) is 3.61. The first-order valence-corrected chi connectivity index (χ1v) is 9.86. The lowest BCUT2D eigenvalue weighted by Crippen LogP contribution is -2.36. The number of carbonyl (C=O) groups is 3. The van der Waals surface area contributed by atoms with Gasteiger partial charge in [-0.2, -0.15) is 0 Å². The van der Waals surface area contributed by atoms with Gasteiger partial charge in [-0.3, -0.25) is 14.4 Å². The van der Waals surface area contributed by atoms with Crippen LogP contribution in [0.4, 0.5) is 0 Å². The second-order valence-corrected chi connectivity index (χ2v) is 6.12. The number of unbranched alkanes of at least 4 members (excludes halogenated alkanes) is 1. The Morgan fingerprint density at radius 2 is 1.34 bits per heavy atom. The molecule has 0 aromatic carbocycles. The maximum atomic E-state index is 11.6. The van der Waals surface area contributed by atoms with Gasteiger partial charge in [0.15, 0.2) is 0 Å². The number of ether oxygens (including phenoxy) is 4. The molecule has 0 rings (SSSR count). The zero-order chi connectivity index (χ0) is 21.7. The largest absolute Gasteiger partial charge is 0.379 e. The summed E-state index contributed by atoms with van der Waals surface area (Å²) in [5.74, 6) is -0.954. The van der Waals surface area contributed by atoms with Crippen molar-refractivity contribution in [2.75, 3.05) is 65.9 Å². The Hall–Kier alpha value is -1.79. The Labute approximate surface area is 172 Å². The molecule has 0 aromatic heterocycles. The first kappa shape index (κ1) is 27.2. The van der Waals surface area contributed by atoms with Crippen LogP contribution in [0, 0.1) is 0 Å². The van der Waals surface area contributed by atoms with Crippen LogP contribution in [0.1, 0.15) is 26.2 Å². The molecule has 0 aromatic rings. The van der Waals surface area contributed by atoms with Crippen LogP contribution in [0.2, 0.25) is 0 Å². The number of hydrogen-bond acceptors (Lipinski definition) is 8. The van der Waals surface area contributed by atoms with E-state index in [1.807, 2.05) is 6.92 Å². The van der Waals surface area contributed by atoms with Crippen molar-refractivity contribution >= 4 is 17.7 Å². The highest BCUT2D eigenvalue weighted by atomic mass is 16.5. The zero-order valence-electron chi connectivity index (χ0n) is 17.3. The molecule has 29 heavy (non-hydrogen) atoms. The number of primary amides is 1. The molecule has 0 aliphatic heterocycles.